The van der Waals surface area contributed by atoms with E-state index in [1.165, 1.54) is 18.4 Å². The first-order valence-electron chi connectivity index (χ1n) is 8.72. The first-order chi connectivity index (χ1) is 12.5. The summed E-state index contributed by atoms with van der Waals surface area (Å²) in [5, 5.41) is 2.76. The second-order valence-corrected chi connectivity index (χ2v) is 7.88. The zero-order valence-corrected chi connectivity index (χ0v) is 15.8. The minimum Gasteiger partial charge on any atom is -0.464 e. The van der Waals surface area contributed by atoms with Crippen molar-refractivity contribution < 1.29 is 17.8 Å². The SMILES string of the molecule is Cc1ccc([C@H]2CCCCCN2C(=O)Nc2ccc([S@](C)=O)c(F)c2)o1. The van der Waals surface area contributed by atoms with E-state index in [4.69, 9.17) is 4.42 Å². The van der Waals surface area contributed by atoms with Gasteiger partial charge in [0, 0.05) is 18.5 Å². The number of hydrogen-bond acceptors (Lipinski definition) is 3. The predicted molar refractivity (Wildman–Crippen MR) is 99.1 cm³/mol. The summed E-state index contributed by atoms with van der Waals surface area (Å²) in [6.07, 6.45) is 5.27. The van der Waals surface area contributed by atoms with Crippen molar-refractivity contribution in [2.24, 2.45) is 0 Å². The van der Waals surface area contributed by atoms with Gasteiger partial charge in [0.05, 0.1) is 21.7 Å². The first-order valence-corrected chi connectivity index (χ1v) is 10.3. The number of rotatable bonds is 3. The highest BCUT2D eigenvalue weighted by Crippen LogP contribution is 2.32. The van der Waals surface area contributed by atoms with Crippen LogP contribution in [0.25, 0.3) is 0 Å². The maximum Gasteiger partial charge on any atom is 0.322 e. The second kappa shape index (κ2) is 8.03. The van der Waals surface area contributed by atoms with Crippen LogP contribution in [0.5, 0.6) is 0 Å². The van der Waals surface area contributed by atoms with E-state index in [9.17, 15) is 13.4 Å². The number of carbonyl (C=O) groups is 1. The summed E-state index contributed by atoms with van der Waals surface area (Å²) >= 11 is 0. The molecule has 0 spiro atoms. The van der Waals surface area contributed by atoms with E-state index in [1.807, 2.05) is 19.1 Å². The molecule has 0 saturated carbocycles. The fourth-order valence-electron chi connectivity index (χ4n) is 3.29. The van der Waals surface area contributed by atoms with Gasteiger partial charge in [0.1, 0.15) is 17.3 Å². The van der Waals surface area contributed by atoms with Gasteiger partial charge in [0.25, 0.3) is 0 Å². The summed E-state index contributed by atoms with van der Waals surface area (Å²) < 4.78 is 31.2. The first kappa shape index (κ1) is 18.6. The zero-order chi connectivity index (χ0) is 18.7. The third-order valence-corrected chi connectivity index (χ3v) is 5.55. The monoisotopic (exact) mass is 378 g/mol. The molecule has 0 unspecified atom stereocenters. The Kier molecular flexibility index (Phi) is 5.76. The second-order valence-electron chi connectivity index (χ2n) is 6.54. The van der Waals surface area contributed by atoms with Gasteiger partial charge >= 0.3 is 6.03 Å². The number of aryl methyl sites for hydroxylation is 1. The van der Waals surface area contributed by atoms with E-state index < -0.39 is 16.6 Å². The van der Waals surface area contributed by atoms with Crippen LogP contribution in [0, 0.1) is 12.7 Å². The molecule has 2 amide bonds. The van der Waals surface area contributed by atoms with Crippen LogP contribution in [-0.2, 0) is 10.8 Å². The number of hydrogen-bond donors (Lipinski definition) is 1. The van der Waals surface area contributed by atoms with Gasteiger partial charge < -0.3 is 14.6 Å². The lowest BCUT2D eigenvalue weighted by molar-refractivity contribution is 0.178. The van der Waals surface area contributed by atoms with Crippen molar-refractivity contribution in [1.82, 2.24) is 4.90 Å². The third-order valence-electron chi connectivity index (χ3n) is 4.60. The van der Waals surface area contributed by atoms with E-state index in [0.717, 1.165) is 37.2 Å². The van der Waals surface area contributed by atoms with Crippen molar-refractivity contribution in [1.29, 1.82) is 0 Å². The molecule has 0 bridgehead atoms. The Balaban J connectivity index is 1.79. The van der Waals surface area contributed by atoms with E-state index >= 15 is 0 Å². The number of carbonyl (C=O) groups excluding carboxylic acids is 1. The fraction of sp³-hybridized carbons (Fsp3) is 0.421. The lowest BCUT2D eigenvalue weighted by Gasteiger charge is -2.28. The molecule has 1 saturated heterocycles. The van der Waals surface area contributed by atoms with Crippen LogP contribution in [0.4, 0.5) is 14.9 Å². The van der Waals surface area contributed by atoms with Crippen LogP contribution in [0.3, 0.4) is 0 Å². The number of nitrogens with one attached hydrogen (secondary N) is 1. The summed E-state index contributed by atoms with van der Waals surface area (Å²) in [5.74, 6) is 1.01. The molecule has 2 atom stereocenters. The van der Waals surface area contributed by atoms with Gasteiger partial charge in [-0.05, 0) is 50.1 Å². The van der Waals surface area contributed by atoms with Crippen molar-refractivity contribution in [3.05, 3.63) is 47.7 Å². The van der Waals surface area contributed by atoms with Crippen LogP contribution in [-0.4, -0.2) is 27.9 Å². The van der Waals surface area contributed by atoms with Gasteiger partial charge in [0.15, 0.2) is 0 Å². The summed E-state index contributed by atoms with van der Waals surface area (Å²) in [7, 11) is -1.41. The normalized spacial score (nSPS) is 19.0. The molecule has 5 nitrogen and oxygen atoms in total. The number of urea groups is 1. The number of furan rings is 1. The molecule has 140 valence electrons. The highest BCUT2D eigenvalue weighted by Gasteiger charge is 2.29. The Bertz CT molecular complexity index is 821. The average molecular weight is 378 g/mol. The Morgan fingerprint density at radius 1 is 1.27 bits per heavy atom. The Hall–Kier alpha value is -2.15. The molecule has 1 aromatic heterocycles. The Morgan fingerprint density at radius 3 is 2.73 bits per heavy atom. The van der Waals surface area contributed by atoms with Crippen LogP contribution < -0.4 is 5.32 Å². The van der Waals surface area contributed by atoms with E-state index in [1.54, 1.807) is 11.0 Å². The molecule has 1 aromatic carbocycles. The van der Waals surface area contributed by atoms with Gasteiger partial charge in [-0.2, -0.15) is 0 Å². The molecule has 1 aliphatic rings. The van der Waals surface area contributed by atoms with Gasteiger partial charge in [-0.1, -0.05) is 12.8 Å². The topological polar surface area (TPSA) is 62.6 Å². The minimum atomic E-state index is -1.41. The minimum absolute atomic E-state index is 0.126. The van der Waals surface area contributed by atoms with Gasteiger partial charge in [-0.3, -0.25) is 4.21 Å². The molecule has 3 rings (SSSR count). The molecule has 7 heteroatoms. The molecule has 1 fully saturated rings. The number of amides is 2. The molecule has 0 radical (unpaired) electrons. The maximum absolute atomic E-state index is 14.0. The molecule has 26 heavy (non-hydrogen) atoms. The molecular formula is C19H23FN2O3S. The van der Waals surface area contributed by atoms with Gasteiger partial charge in [-0.15, -0.1) is 0 Å². The number of anilines is 1. The van der Waals surface area contributed by atoms with Gasteiger partial charge in [-0.25, -0.2) is 9.18 Å². The van der Waals surface area contributed by atoms with Crippen LogP contribution >= 0.6 is 0 Å². The summed E-state index contributed by atoms with van der Waals surface area (Å²) in [5.41, 5.74) is 0.348. The number of benzene rings is 1. The molecule has 2 aromatic rings. The lowest BCUT2D eigenvalue weighted by Crippen LogP contribution is -2.38. The van der Waals surface area contributed by atoms with E-state index in [0.29, 0.717) is 12.2 Å². The Morgan fingerprint density at radius 2 is 2.08 bits per heavy atom. The highest BCUT2D eigenvalue weighted by atomic mass is 32.2. The summed E-state index contributed by atoms with van der Waals surface area (Å²) in [6.45, 7) is 2.50. The quantitative estimate of drug-likeness (QED) is 0.848. The fourth-order valence-corrected chi connectivity index (χ4v) is 3.88. The number of likely N-dealkylation sites (tertiary alicyclic amines) is 1. The maximum atomic E-state index is 14.0. The molecule has 2 heterocycles. The molecule has 1 N–H and O–H groups in total. The standard InChI is InChI=1S/C19H23FN2O3S/c1-13-7-9-17(25-13)16-6-4-3-5-11-22(16)19(23)21-14-8-10-18(26(2)24)15(20)12-14/h7-10,12,16H,3-6,11H2,1-2H3,(H,21,23)/t16-,26+/m1/s1. The van der Waals surface area contributed by atoms with Crippen LogP contribution in [0.1, 0.15) is 43.2 Å². The summed E-state index contributed by atoms with van der Waals surface area (Å²) in [6, 6.07) is 7.62. The number of halogens is 1. The van der Waals surface area contributed by atoms with Crippen molar-refractivity contribution in [2.75, 3.05) is 18.1 Å². The van der Waals surface area contributed by atoms with E-state index in [2.05, 4.69) is 5.32 Å². The largest absolute Gasteiger partial charge is 0.464 e. The van der Waals surface area contributed by atoms with Crippen molar-refractivity contribution in [3.63, 3.8) is 0 Å². The van der Waals surface area contributed by atoms with E-state index in [-0.39, 0.29) is 17.0 Å². The van der Waals surface area contributed by atoms with Crippen LogP contribution in [0.15, 0.2) is 39.6 Å². The number of nitrogens with zero attached hydrogens (tertiary/aromatic N) is 1. The lowest BCUT2D eigenvalue weighted by atomic mass is 10.1. The molecule has 1 aliphatic heterocycles. The predicted octanol–water partition coefficient (Wildman–Crippen LogP) is 4.61. The van der Waals surface area contributed by atoms with Gasteiger partial charge in [0.2, 0.25) is 0 Å². The zero-order valence-electron chi connectivity index (χ0n) is 15.0. The van der Waals surface area contributed by atoms with Crippen molar-refractivity contribution >= 4 is 22.5 Å². The average Bonchev–Trinajstić information content (AvgIpc) is 2.87. The molecular weight excluding hydrogens is 355 g/mol. The van der Waals surface area contributed by atoms with Crippen molar-refractivity contribution in [2.45, 2.75) is 43.5 Å². The molecule has 0 aliphatic carbocycles. The smallest absolute Gasteiger partial charge is 0.322 e. The summed E-state index contributed by atoms with van der Waals surface area (Å²) in [4.78, 5) is 14.7. The van der Waals surface area contributed by atoms with Crippen molar-refractivity contribution in [3.8, 4) is 0 Å². The highest BCUT2D eigenvalue weighted by molar-refractivity contribution is 7.84. The Labute approximate surface area is 155 Å². The third kappa shape index (κ3) is 4.15. The van der Waals surface area contributed by atoms with Crippen LogP contribution in [0.2, 0.25) is 0 Å².